The fourth-order valence-electron chi connectivity index (χ4n) is 4.49. The van der Waals surface area contributed by atoms with E-state index in [0.717, 1.165) is 11.1 Å². The topological polar surface area (TPSA) is 95.9 Å². The van der Waals surface area contributed by atoms with Gasteiger partial charge in [0.1, 0.15) is 6.61 Å². The zero-order valence-electron chi connectivity index (χ0n) is 19.4. The summed E-state index contributed by atoms with van der Waals surface area (Å²) in [4.78, 5) is 37.4. The van der Waals surface area contributed by atoms with Crippen molar-refractivity contribution in [3.05, 3.63) is 59.7 Å². The Kier molecular flexibility index (Phi) is 8.09. The Bertz CT molecular complexity index is 960. The van der Waals surface area contributed by atoms with Gasteiger partial charge in [-0.15, -0.1) is 0 Å². The molecule has 1 aliphatic carbocycles. The van der Waals surface area contributed by atoms with Gasteiger partial charge in [-0.2, -0.15) is 0 Å². The number of nitrogens with zero attached hydrogens (tertiary/aromatic N) is 1. The first-order chi connectivity index (χ1) is 15.8. The molecule has 2 N–H and O–H groups in total. The van der Waals surface area contributed by atoms with Crippen LogP contribution in [0.2, 0.25) is 0 Å². The van der Waals surface area contributed by atoms with Gasteiger partial charge in [0.15, 0.2) is 0 Å². The van der Waals surface area contributed by atoms with Crippen LogP contribution in [0.15, 0.2) is 48.5 Å². The van der Waals surface area contributed by atoms with Gasteiger partial charge < -0.3 is 20.1 Å². The number of carbonyl (C=O) groups excluding carboxylic acids is 2. The largest absolute Gasteiger partial charge is 0.481 e. The SMILES string of the molecule is CCN(C(=O)CCC(C)NC(=O)OCC1c2ccccc2-c2ccccc21)C(C)CC(=O)O. The normalized spacial score (nSPS) is 14.0. The van der Waals surface area contributed by atoms with E-state index in [1.807, 2.05) is 38.1 Å². The van der Waals surface area contributed by atoms with Crippen LogP contribution in [-0.2, 0) is 14.3 Å². The van der Waals surface area contributed by atoms with Crippen molar-refractivity contribution < 1.29 is 24.2 Å². The molecule has 0 saturated carbocycles. The molecule has 2 aromatic rings. The number of ether oxygens (including phenoxy) is 1. The second kappa shape index (κ2) is 11.0. The molecule has 7 heteroatoms. The summed E-state index contributed by atoms with van der Waals surface area (Å²) in [6.45, 7) is 6.07. The van der Waals surface area contributed by atoms with Crippen LogP contribution in [-0.4, -0.2) is 53.2 Å². The first-order valence-electron chi connectivity index (χ1n) is 11.4. The number of rotatable bonds is 10. The Balaban J connectivity index is 1.49. The van der Waals surface area contributed by atoms with Crippen LogP contribution in [0.4, 0.5) is 4.79 Å². The maximum atomic E-state index is 12.5. The minimum Gasteiger partial charge on any atom is -0.481 e. The van der Waals surface area contributed by atoms with E-state index >= 15 is 0 Å². The number of aliphatic carboxylic acids is 1. The first-order valence-corrected chi connectivity index (χ1v) is 11.4. The Hall–Kier alpha value is -3.35. The van der Waals surface area contributed by atoms with Crippen molar-refractivity contribution >= 4 is 18.0 Å². The Morgan fingerprint density at radius 1 is 1.03 bits per heavy atom. The van der Waals surface area contributed by atoms with Crippen LogP contribution in [0.3, 0.4) is 0 Å². The molecule has 0 heterocycles. The number of carboxylic acid groups (broad SMARTS) is 1. The number of carboxylic acids is 1. The Morgan fingerprint density at radius 3 is 2.15 bits per heavy atom. The molecule has 2 amide bonds. The van der Waals surface area contributed by atoms with Crippen LogP contribution in [0, 0.1) is 0 Å². The third kappa shape index (κ3) is 5.92. The van der Waals surface area contributed by atoms with Gasteiger partial charge >= 0.3 is 12.1 Å². The van der Waals surface area contributed by atoms with Crippen molar-refractivity contribution in [1.82, 2.24) is 10.2 Å². The van der Waals surface area contributed by atoms with E-state index < -0.39 is 12.1 Å². The number of hydrogen-bond donors (Lipinski definition) is 2. The zero-order valence-corrected chi connectivity index (χ0v) is 19.4. The molecule has 1 aliphatic rings. The lowest BCUT2D eigenvalue weighted by atomic mass is 9.98. The second-order valence-corrected chi connectivity index (χ2v) is 8.54. The molecular weight excluding hydrogens is 420 g/mol. The van der Waals surface area contributed by atoms with Crippen LogP contribution in [0.1, 0.15) is 57.1 Å². The second-order valence-electron chi connectivity index (χ2n) is 8.54. The summed E-state index contributed by atoms with van der Waals surface area (Å²) in [5.74, 6) is -1.06. The molecule has 0 spiro atoms. The van der Waals surface area contributed by atoms with E-state index in [0.29, 0.717) is 13.0 Å². The highest BCUT2D eigenvalue weighted by molar-refractivity contribution is 5.79. The Morgan fingerprint density at radius 2 is 1.61 bits per heavy atom. The molecular formula is C26H32N2O5. The number of benzene rings is 2. The summed E-state index contributed by atoms with van der Waals surface area (Å²) in [5, 5.41) is 11.8. The summed E-state index contributed by atoms with van der Waals surface area (Å²) in [6.07, 6.45) is 0.0677. The van der Waals surface area contributed by atoms with Crippen molar-refractivity contribution in [2.24, 2.45) is 0 Å². The van der Waals surface area contributed by atoms with E-state index in [4.69, 9.17) is 9.84 Å². The average Bonchev–Trinajstić information content (AvgIpc) is 3.10. The van der Waals surface area contributed by atoms with Gasteiger partial charge in [0, 0.05) is 31.0 Å². The predicted molar refractivity (Wildman–Crippen MR) is 126 cm³/mol. The van der Waals surface area contributed by atoms with E-state index in [-0.39, 0.29) is 43.4 Å². The quantitative estimate of drug-likeness (QED) is 0.557. The van der Waals surface area contributed by atoms with E-state index in [1.165, 1.54) is 11.1 Å². The van der Waals surface area contributed by atoms with Gasteiger partial charge in [-0.3, -0.25) is 9.59 Å². The number of fused-ring (bicyclic) bond motifs is 3. The number of amides is 2. The lowest BCUT2D eigenvalue weighted by Crippen LogP contribution is -2.41. The van der Waals surface area contributed by atoms with Gasteiger partial charge in [-0.1, -0.05) is 48.5 Å². The molecule has 2 aromatic carbocycles. The zero-order chi connectivity index (χ0) is 24.0. The molecule has 33 heavy (non-hydrogen) atoms. The van der Waals surface area contributed by atoms with Crippen LogP contribution < -0.4 is 5.32 Å². The number of hydrogen-bond acceptors (Lipinski definition) is 4. The molecule has 2 unspecified atom stereocenters. The number of alkyl carbamates (subject to hydrolysis) is 1. The van der Waals surface area contributed by atoms with Crippen molar-refractivity contribution in [2.45, 2.75) is 58.0 Å². The first kappa shape index (κ1) is 24.3. The summed E-state index contributed by atoms with van der Waals surface area (Å²) >= 11 is 0. The molecule has 0 fully saturated rings. The molecule has 0 saturated heterocycles. The molecule has 0 radical (unpaired) electrons. The van der Waals surface area contributed by atoms with Crippen LogP contribution >= 0.6 is 0 Å². The van der Waals surface area contributed by atoms with Crippen molar-refractivity contribution in [3.8, 4) is 11.1 Å². The summed E-state index contributed by atoms with van der Waals surface area (Å²) < 4.78 is 5.56. The molecule has 3 rings (SSSR count). The highest BCUT2D eigenvalue weighted by Gasteiger charge is 2.29. The highest BCUT2D eigenvalue weighted by atomic mass is 16.5. The van der Waals surface area contributed by atoms with Gasteiger partial charge in [0.2, 0.25) is 5.91 Å². The van der Waals surface area contributed by atoms with E-state index in [2.05, 4.69) is 29.6 Å². The molecule has 2 atom stereocenters. The summed E-state index contributed by atoms with van der Waals surface area (Å²) in [6, 6.07) is 15.7. The van der Waals surface area contributed by atoms with Crippen LogP contribution in [0.25, 0.3) is 11.1 Å². The number of nitrogens with one attached hydrogen (secondary N) is 1. The van der Waals surface area contributed by atoms with E-state index in [9.17, 15) is 14.4 Å². The molecule has 7 nitrogen and oxygen atoms in total. The third-order valence-electron chi connectivity index (χ3n) is 6.16. The molecule has 0 aromatic heterocycles. The Labute approximate surface area is 194 Å². The standard InChI is InChI=1S/C26H32N2O5/c1-4-28(18(3)15-25(30)31)24(29)14-13-17(2)27-26(32)33-16-23-21-11-7-5-9-19(21)20-10-6-8-12-22(20)23/h5-12,17-18,23H,4,13-16H2,1-3H3,(H,27,32)(H,30,31). The van der Waals surface area contributed by atoms with E-state index in [1.54, 1.807) is 11.8 Å². The summed E-state index contributed by atoms with van der Waals surface area (Å²) in [7, 11) is 0. The smallest absolute Gasteiger partial charge is 0.407 e. The van der Waals surface area contributed by atoms with Crippen molar-refractivity contribution in [2.75, 3.05) is 13.2 Å². The number of carbonyl (C=O) groups is 3. The maximum absolute atomic E-state index is 12.5. The lowest BCUT2D eigenvalue weighted by molar-refractivity contribution is -0.140. The lowest BCUT2D eigenvalue weighted by Gasteiger charge is -2.27. The minimum absolute atomic E-state index is 0.00568. The average molecular weight is 453 g/mol. The van der Waals surface area contributed by atoms with Crippen molar-refractivity contribution in [1.29, 1.82) is 0 Å². The highest BCUT2D eigenvalue weighted by Crippen LogP contribution is 2.44. The van der Waals surface area contributed by atoms with Gasteiger partial charge in [0.05, 0.1) is 6.42 Å². The van der Waals surface area contributed by atoms with Crippen LogP contribution in [0.5, 0.6) is 0 Å². The molecule has 176 valence electrons. The summed E-state index contributed by atoms with van der Waals surface area (Å²) in [5.41, 5.74) is 4.65. The van der Waals surface area contributed by atoms with Gasteiger partial charge in [-0.05, 0) is 49.4 Å². The van der Waals surface area contributed by atoms with Crippen molar-refractivity contribution in [3.63, 3.8) is 0 Å². The monoisotopic (exact) mass is 452 g/mol. The molecule has 0 bridgehead atoms. The maximum Gasteiger partial charge on any atom is 0.407 e. The minimum atomic E-state index is -0.931. The van der Waals surface area contributed by atoms with Gasteiger partial charge in [-0.25, -0.2) is 4.79 Å². The fourth-order valence-corrected chi connectivity index (χ4v) is 4.49. The molecule has 0 aliphatic heterocycles. The predicted octanol–water partition coefficient (Wildman–Crippen LogP) is 4.41. The van der Waals surface area contributed by atoms with Gasteiger partial charge in [0.25, 0.3) is 0 Å². The fraction of sp³-hybridized carbons (Fsp3) is 0.423. The third-order valence-corrected chi connectivity index (χ3v) is 6.16.